The Bertz CT molecular complexity index is 582. The number of ether oxygens (including phenoxy) is 2. The molecule has 1 aromatic heterocycles. The van der Waals surface area contributed by atoms with Crippen molar-refractivity contribution >= 4 is 0 Å². The standard InChI is InChI=1S/C12H10F2N2O3/c13-8-2-1-7(5-9(8)14)11-15-12(19-16-11)10-6-17-3-4-18-10/h1-2,5,10H,3-4,6H2/t10-/m1/s1. The fraction of sp³-hybridized carbons (Fsp3) is 0.333. The first-order chi connectivity index (χ1) is 9.24. The molecule has 0 unspecified atom stereocenters. The third-order valence-corrected chi connectivity index (χ3v) is 2.71. The van der Waals surface area contributed by atoms with E-state index in [0.29, 0.717) is 25.4 Å². The van der Waals surface area contributed by atoms with Crippen LogP contribution in [0.4, 0.5) is 8.78 Å². The number of halogens is 2. The van der Waals surface area contributed by atoms with Gasteiger partial charge in [0.15, 0.2) is 17.7 Å². The lowest BCUT2D eigenvalue weighted by Crippen LogP contribution is -2.22. The molecule has 3 rings (SSSR count). The summed E-state index contributed by atoms with van der Waals surface area (Å²) in [6.07, 6.45) is -0.416. The van der Waals surface area contributed by atoms with Gasteiger partial charge in [0, 0.05) is 5.56 Å². The fourth-order valence-electron chi connectivity index (χ4n) is 1.75. The second-order valence-electron chi connectivity index (χ2n) is 4.02. The number of hydrogen-bond acceptors (Lipinski definition) is 5. The molecule has 7 heteroatoms. The lowest BCUT2D eigenvalue weighted by atomic mass is 10.2. The summed E-state index contributed by atoms with van der Waals surface area (Å²) in [6.45, 7) is 1.31. The highest BCUT2D eigenvalue weighted by Gasteiger charge is 2.23. The quantitative estimate of drug-likeness (QED) is 0.834. The lowest BCUT2D eigenvalue weighted by molar-refractivity contribution is -0.101. The van der Waals surface area contributed by atoms with E-state index in [0.717, 1.165) is 12.1 Å². The predicted molar refractivity (Wildman–Crippen MR) is 59.2 cm³/mol. The molecule has 2 heterocycles. The van der Waals surface area contributed by atoms with Crippen LogP contribution in [0.3, 0.4) is 0 Å². The normalized spacial score (nSPS) is 19.6. The molecular weight excluding hydrogens is 258 g/mol. The minimum absolute atomic E-state index is 0.183. The molecule has 1 aliphatic rings. The van der Waals surface area contributed by atoms with Gasteiger partial charge in [0.05, 0.1) is 19.8 Å². The number of nitrogens with zero attached hydrogens (tertiary/aromatic N) is 2. The van der Waals surface area contributed by atoms with Crippen LogP contribution < -0.4 is 0 Å². The summed E-state index contributed by atoms with van der Waals surface area (Å²) in [5, 5.41) is 3.72. The molecule has 5 nitrogen and oxygen atoms in total. The minimum atomic E-state index is -0.957. The first-order valence-electron chi connectivity index (χ1n) is 5.72. The first-order valence-corrected chi connectivity index (χ1v) is 5.72. The number of aromatic nitrogens is 2. The number of rotatable bonds is 2. The topological polar surface area (TPSA) is 57.4 Å². The highest BCUT2D eigenvalue weighted by molar-refractivity contribution is 5.54. The van der Waals surface area contributed by atoms with Crippen molar-refractivity contribution in [2.45, 2.75) is 6.10 Å². The molecule has 0 amide bonds. The summed E-state index contributed by atoms with van der Waals surface area (Å²) in [5.74, 6) is -1.43. The molecule has 0 spiro atoms. The zero-order valence-corrected chi connectivity index (χ0v) is 9.81. The van der Waals surface area contributed by atoms with Crippen LogP contribution >= 0.6 is 0 Å². The van der Waals surface area contributed by atoms with Crippen molar-refractivity contribution in [3.05, 3.63) is 35.7 Å². The molecule has 0 radical (unpaired) electrons. The van der Waals surface area contributed by atoms with E-state index in [4.69, 9.17) is 14.0 Å². The average molecular weight is 268 g/mol. The largest absolute Gasteiger partial charge is 0.376 e. The molecule has 1 fully saturated rings. The first kappa shape index (κ1) is 12.2. The molecule has 1 aromatic carbocycles. The molecule has 2 aromatic rings. The van der Waals surface area contributed by atoms with Crippen molar-refractivity contribution in [3.8, 4) is 11.4 Å². The zero-order chi connectivity index (χ0) is 13.2. The molecule has 1 atom stereocenters. The van der Waals surface area contributed by atoms with Crippen molar-refractivity contribution < 1.29 is 22.8 Å². The van der Waals surface area contributed by atoms with E-state index >= 15 is 0 Å². The summed E-state index contributed by atoms with van der Waals surface area (Å²) in [7, 11) is 0. The summed E-state index contributed by atoms with van der Waals surface area (Å²) in [6, 6.07) is 3.41. The van der Waals surface area contributed by atoms with Crippen molar-refractivity contribution in [3.63, 3.8) is 0 Å². The molecule has 19 heavy (non-hydrogen) atoms. The third kappa shape index (κ3) is 2.47. The van der Waals surface area contributed by atoms with Crippen molar-refractivity contribution in [1.29, 1.82) is 0 Å². The van der Waals surface area contributed by atoms with E-state index in [1.165, 1.54) is 6.07 Å². The maximum absolute atomic E-state index is 13.1. The number of hydrogen-bond donors (Lipinski definition) is 0. The van der Waals surface area contributed by atoms with Gasteiger partial charge in [-0.05, 0) is 18.2 Å². The highest BCUT2D eigenvalue weighted by atomic mass is 19.2. The van der Waals surface area contributed by atoms with Gasteiger partial charge in [0.1, 0.15) is 0 Å². The molecule has 0 bridgehead atoms. The van der Waals surface area contributed by atoms with Gasteiger partial charge in [-0.2, -0.15) is 4.98 Å². The Hall–Kier alpha value is -1.86. The zero-order valence-electron chi connectivity index (χ0n) is 9.81. The fourth-order valence-corrected chi connectivity index (χ4v) is 1.75. The Kier molecular flexibility index (Phi) is 3.22. The van der Waals surface area contributed by atoms with Crippen LogP contribution in [0.25, 0.3) is 11.4 Å². The van der Waals surface area contributed by atoms with Crippen LogP contribution in [0.15, 0.2) is 22.7 Å². The molecule has 0 saturated carbocycles. The van der Waals surface area contributed by atoms with Gasteiger partial charge in [0.2, 0.25) is 5.82 Å². The smallest absolute Gasteiger partial charge is 0.258 e. The summed E-state index contributed by atoms with van der Waals surface area (Å²) in [5.41, 5.74) is 0.339. The van der Waals surface area contributed by atoms with E-state index in [1.807, 2.05) is 0 Å². The van der Waals surface area contributed by atoms with Gasteiger partial charge in [-0.15, -0.1) is 0 Å². The Morgan fingerprint density at radius 2 is 2.05 bits per heavy atom. The van der Waals surface area contributed by atoms with E-state index in [1.54, 1.807) is 0 Å². The van der Waals surface area contributed by atoms with Crippen LogP contribution in [0, 0.1) is 11.6 Å². The molecule has 1 saturated heterocycles. The Labute approximate surface area is 107 Å². The van der Waals surface area contributed by atoms with Gasteiger partial charge in [-0.3, -0.25) is 0 Å². The molecule has 0 aliphatic carbocycles. The second-order valence-corrected chi connectivity index (χ2v) is 4.02. The number of benzene rings is 1. The molecular formula is C12H10F2N2O3. The molecule has 0 N–H and O–H groups in total. The van der Waals surface area contributed by atoms with Gasteiger partial charge >= 0.3 is 0 Å². The van der Waals surface area contributed by atoms with Gasteiger partial charge < -0.3 is 14.0 Å². The lowest BCUT2D eigenvalue weighted by Gasteiger charge is -2.19. The Morgan fingerprint density at radius 3 is 2.79 bits per heavy atom. The van der Waals surface area contributed by atoms with Crippen LogP contribution in [0.2, 0.25) is 0 Å². The molecule has 1 aliphatic heterocycles. The SMILES string of the molecule is Fc1ccc(-c2noc([C@H]3COCCO3)n2)cc1F. The minimum Gasteiger partial charge on any atom is -0.376 e. The summed E-state index contributed by atoms with van der Waals surface area (Å²) < 4.78 is 41.6. The Balaban J connectivity index is 1.85. The van der Waals surface area contributed by atoms with Gasteiger partial charge in [-0.1, -0.05) is 5.16 Å². The van der Waals surface area contributed by atoms with Crippen molar-refractivity contribution in [1.82, 2.24) is 10.1 Å². The van der Waals surface area contributed by atoms with Crippen molar-refractivity contribution in [2.75, 3.05) is 19.8 Å². The van der Waals surface area contributed by atoms with Crippen LogP contribution in [-0.4, -0.2) is 30.0 Å². The summed E-state index contributed by atoms with van der Waals surface area (Å²) in [4.78, 5) is 4.10. The second kappa shape index (κ2) is 5.02. The highest BCUT2D eigenvalue weighted by Crippen LogP contribution is 2.23. The van der Waals surface area contributed by atoms with Crippen molar-refractivity contribution in [2.24, 2.45) is 0 Å². The maximum Gasteiger partial charge on any atom is 0.258 e. The Morgan fingerprint density at radius 1 is 1.16 bits per heavy atom. The van der Waals surface area contributed by atoms with E-state index in [2.05, 4.69) is 10.1 Å². The third-order valence-electron chi connectivity index (χ3n) is 2.71. The predicted octanol–water partition coefficient (Wildman–Crippen LogP) is 2.10. The summed E-state index contributed by atoms with van der Waals surface area (Å²) >= 11 is 0. The monoisotopic (exact) mass is 268 g/mol. The van der Waals surface area contributed by atoms with E-state index < -0.39 is 17.7 Å². The van der Waals surface area contributed by atoms with Crippen LogP contribution in [0.1, 0.15) is 12.0 Å². The van der Waals surface area contributed by atoms with Gasteiger partial charge in [-0.25, -0.2) is 8.78 Å². The van der Waals surface area contributed by atoms with E-state index in [-0.39, 0.29) is 11.7 Å². The maximum atomic E-state index is 13.1. The average Bonchev–Trinajstić information content (AvgIpc) is 2.93. The van der Waals surface area contributed by atoms with Crippen LogP contribution in [-0.2, 0) is 9.47 Å². The van der Waals surface area contributed by atoms with Gasteiger partial charge in [0.25, 0.3) is 5.89 Å². The molecule has 100 valence electrons. The van der Waals surface area contributed by atoms with Crippen LogP contribution in [0.5, 0.6) is 0 Å². The van der Waals surface area contributed by atoms with E-state index in [9.17, 15) is 8.78 Å².